The number of nitrogens with zero attached hydrogens (tertiary/aromatic N) is 2. The summed E-state index contributed by atoms with van der Waals surface area (Å²) in [4.78, 5) is 107. The van der Waals surface area contributed by atoms with Crippen LogP contribution in [0.4, 0.5) is 0 Å². The minimum Gasteiger partial charge on any atom is -0.508 e. The molecule has 1 unspecified atom stereocenters. The number of amides is 7. The Morgan fingerprint density at radius 2 is 1.11 bits per heavy atom. The SMILES string of the molecule is Cc1cc(O)cc(C)c1C[C@H](N)C(=O)N[C@H](CCCN=C(N)N)C(=O)N[C@@H](Cc1ccccc1)C(=O)N[C@@H](CCCCN)C(=O)NNC(=O)[C@H](Cc1ccccc1)N[C@H](CC1CCCCC1)C(=O)NCC1Cc2ccccc2CN1C(=O)[C@@H](N)Cc1ccc(O)cc1. The van der Waals surface area contributed by atoms with Crippen LogP contribution in [0.15, 0.2) is 126 Å². The number of phenols is 2. The number of phenolic OH excluding ortho intramolecular Hbond substituents is 2. The summed E-state index contributed by atoms with van der Waals surface area (Å²) in [5.74, 6) is -3.95. The second-order valence-corrected chi connectivity index (χ2v) is 24.5. The van der Waals surface area contributed by atoms with Crippen molar-refractivity contribution in [3.63, 3.8) is 0 Å². The predicted octanol–water partition coefficient (Wildman–Crippen LogP) is 2.79. The number of aryl methyl sites for hydroxylation is 2. The summed E-state index contributed by atoms with van der Waals surface area (Å²) < 4.78 is 0. The molecular formula is C69H94N14O9. The lowest BCUT2D eigenvalue weighted by Gasteiger charge is -2.39. The smallest absolute Gasteiger partial charge is 0.260 e. The molecule has 2 aliphatic rings. The number of unbranched alkanes of at least 4 members (excludes halogenated alkanes) is 1. The number of rotatable bonds is 32. The highest BCUT2D eigenvalue weighted by Gasteiger charge is 2.36. The molecule has 1 aliphatic heterocycles. The summed E-state index contributed by atoms with van der Waals surface area (Å²) in [5.41, 5.74) is 41.8. The highest BCUT2D eigenvalue weighted by molar-refractivity contribution is 5.96. The molecule has 5 aromatic carbocycles. The van der Waals surface area contributed by atoms with E-state index in [9.17, 15) is 43.8 Å². The molecule has 0 aromatic heterocycles. The lowest BCUT2D eigenvalue weighted by molar-refractivity contribution is -0.137. The van der Waals surface area contributed by atoms with Crippen LogP contribution < -0.4 is 66.1 Å². The van der Waals surface area contributed by atoms with Crippen LogP contribution in [0.5, 0.6) is 11.5 Å². The lowest BCUT2D eigenvalue weighted by atomic mass is 9.84. The van der Waals surface area contributed by atoms with E-state index in [0.29, 0.717) is 44.3 Å². The molecule has 0 radical (unpaired) electrons. The van der Waals surface area contributed by atoms with Gasteiger partial charge in [0.15, 0.2) is 5.96 Å². The second kappa shape index (κ2) is 35.6. The Labute approximate surface area is 539 Å². The van der Waals surface area contributed by atoms with Crippen molar-refractivity contribution < 1.29 is 43.8 Å². The lowest BCUT2D eigenvalue weighted by Crippen LogP contribution is -2.61. The molecule has 0 bridgehead atoms. The number of hydrogen-bond acceptors (Lipinski definition) is 14. The van der Waals surface area contributed by atoms with Crippen LogP contribution in [-0.4, -0.2) is 130 Å². The standard InChI is InChI=1S/C69H94N14O9/c1-43-33-53(85)34-44(2)54(43)40-55(71)62(86)78-57(26-16-32-75-69(73)74)64(88)80-60(37-46-19-8-4-9-20-46)65(89)79-58(25-14-15-31-70)66(90)81-82-67(91)61(38-47-21-10-5-11-22-47)77-59(36-45-17-6-3-7-18-45)63(87)76-41-51-39-49-23-12-13-24-50(49)42-83(51)68(92)56(72)35-48-27-29-52(84)30-28-48/h4-5,8-13,19-24,27-30,33-34,45,51,55-61,77,84-85H,3,6-7,14-18,25-26,31-32,35-42,70-72H2,1-2H3,(H,76,87)(H,78,86)(H,79,89)(H,80,88)(H,81,90)(H,82,91)(H4,73,74,75)/t51?,55-,56-,57+,58-,59+,60-,61-/m0/s1. The molecule has 7 rings (SSSR count). The summed E-state index contributed by atoms with van der Waals surface area (Å²) in [6.45, 7) is 4.41. The van der Waals surface area contributed by atoms with E-state index in [1.165, 1.54) is 0 Å². The Bertz CT molecular complexity index is 3250. The average Bonchev–Trinajstić information content (AvgIpc) is 0.893. The third-order valence-electron chi connectivity index (χ3n) is 17.3. The van der Waals surface area contributed by atoms with Gasteiger partial charge in [0, 0.05) is 26.1 Å². The molecule has 0 spiro atoms. The van der Waals surface area contributed by atoms with E-state index in [2.05, 4.69) is 42.4 Å². The number of nitrogens with two attached hydrogens (primary N) is 5. The summed E-state index contributed by atoms with van der Waals surface area (Å²) >= 11 is 0. The van der Waals surface area contributed by atoms with Gasteiger partial charge in [-0.1, -0.05) is 129 Å². The number of hydrazine groups is 1. The van der Waals surface area contributed by atoms with Crippen LogP contribution in [-0.2, 0) is 72.2 Å². The fourth-order valence-electron chi connectivity index (χ4n) is 12.2. The van der Waals surface area contributed by atoms with Gasteiger partial charge in [-0.3, -0.25) is 54.7 Å². The summed E-state index contributed by atoms with van der Waals surface area (Å²) in [5, 5.41) is 35.0. The molecule has 5 aromatic rings. The number of fused-ring (bicyclic) bond motifs is 1. The first-order valence-corrected chi connectivity index (χ1v) is 32.1. The fourth-order valence-corrected chi connectivity index (χ4v) is 12.2. The van der Waals surface area contributed by atoms with Gasteiger partial charge in [0.2, 0.25) is 29.5 Å². The normalized spacial score (nSPS) is 16.2. The minimum atomic E-state index is -1.30. The molecule has 1 aliphatic carbocycles. The van der Waals surface area contributed by atoms with Gasteiger partial charge in [0.05, 0.1) is 30.2 Å². The average molecular weight is 1260 g/mol. The van der Waals surface area contributed by atoms with Crippen LogP contribution in [0.25, 0.3) is 0 Å². The number of benzene rings is 5. The summed E-state index contributed by atoms with van der Waals surface area (Å²) in [7, 11) is 0. The molecule has 23 nitrogen and oxygen atoms in total. The van der Waals surface area contributed by atoms with E-state index in [1.807, 2.05) is 54.6 Å². The van der Waals surface area contributed by atoms with E-state index < -0.39 is 77.9 Å². The van der Waals surface area contributed by atoms with Crippen molar-refractivity contribution in [1.82, 2.24) is 42.3 Å². The van der Waals surface area contributed by atoms with Crippen molar-refractivity contribution in [2.75, 3.05) is 19.6 Å². The fraction of sp³-hybridized carbons (Fsp3) is 0.449. The highest BCUT2D eigenvalue weighted by atomic mass is 16.3. The van der Waals surface area contributed by atoms with Crippen molar-refractivity contribution in [2.24, 2.45) is 39.6 Å². The molecule has 0 saturated heterocycles. The van der Waals surface area contributed by atoms with Crippen molar-refractivity contribution >= 4 is 47.3 Å². The molecule has 1 saturated carbocycles. The molecule has 19 N–H and O–H groups in total. The minimum absolute atomic E-state index is 0.0243. The first kappa shape index (κ1) is 70.6. The first-order chi connectivity index (χ1) is 44.2. The molecular weight excluding hydrogens is 1170 g/mol. The third kappa shape index (κ3) is 21.9. The molecule has 92 heavy (non-hydrogen) atoms. The quantitative estimate of drug-likeness (QED) is 0.0127. The number of nitrogens with one attached hydrogen (secondary N) is 7. The zero-order valence-corrected chi connectivity index (χ0v) is 52.9. The van der Waals surface area contributed by atoms with Gasteiger partial charge in [-0.15, -0.1) is 0 Å². The molecule has 494 valence electrons. The Kier molecular flexibility index (Phi) is 27.3. The molecule has 8 atom stereocenters. The largest absolute Gasteiger partial charge is 0.508 e. The molecule has 1 heterocycles. The molecule has 23 heteroatoms. The van der Waals surface area contributed by atoms with Crippen molar-refractivity contribution in [3.8, 4) is 11.5 Å². The van der Waals surface area contributed by atoms with Gasteiger partial charge in [-0.2, -0.15) is 0 Å². The van der Waals surface area contributed by atoms with Gasteiger partial charge >= 0.3 is 0 Å². The zero-order chi connectivity index (χ0) is 66.1. The number of aliphatic imine (C=N–C) groups is 1. The number of guanidine groups is 1. The predicted molar refractivity (Wildman–Crippen MR) is 354 cm³/mol. The van der Waals surface area contributed by atoms with E-state index >= 15 is 0 Å². The Hall–Kier alpha value is -8.90. The van der Waals surface area contributed by atoms with Crippen molar-refractivity contribution in [2.45, 2.75) is 171 Å². The maximum atomic E-state index is 14.9. The summed E-state index contributed by atoms with van der Waals surface area (Å²) in [6, 6.07) is 27.6. The van der Waals surface area contributed by atoms with Crippen LogP contribution in [0.3, 0.4) is 0 Å². The Balaban J connectivity index is 1.08. The Morgan fingerprint density at radius 3 is 1.74 bits per heavy atom. The number of carbonyl (C=O) groups excluding carboxylic acids is 7. The second-order valence-electron chi connectivity index (χ2n) is 24.5. The third-order valence-corrected chi connectivity index (χ3v) is 17.3. The van der Waals surface area contributed by atoms with E-state index in [0.717, 1.165) is 71.0 Å². The van der Waals surface area contributed by atoms with E-state index in [1.54, 1.807) is 85.5 Å². The van der Waals surface area contributed by atoms with Crippen LogP contribution >= 0.6 is 0 Å². The number of aromatic hydroxyl groups is 2. The number of carbonyl (C=O) groups is 7. The maximum absolute atomic E-state index is 14.9. The van der Waals surface area contributed by atoms with E-state index in [4.69, 9.17) is 28.7 Å². The maximum Gasteiger partial charge on any atom is 0.260 e. The highest BCUT2D eigenvalue weighted by Crippen LogP contribution is 2.29. The molecule has 7 amide bonds. The van der Waals surface area contributed by atoms with Gasteiger partial charge < -0.3 is 65.0 Å². The number of hydrogen-bond donors (Lipinski definition) is 14. The molecule has 1 fully saturated rings. The van der Waals surface area contributed by atoms with Crippen LogP contribution in [0.1, 0.15) is 115 Å². The summed E-state index contributed by atoms with van der Waals surface area (Å²) in [6.07, 6.45) is 7.50. The van der Waals surface area contributed by atoms with Crippen LogP contribution in [0.2, 0.25) is 0 Å². The van der Waals surface area contributed by atoms with Crippen LogP contribution in [0, 0.1) is 19.8 Å². The van der Waals surface area contributed by atoms with Gasteiger partial charge in [-0.25, -0.2) is 0 Å². The van der Waals surface area contributed by atoms with Gasteiger partial charge in [0.1, 0.15) is 29.6 Å². The van der Waals surface area contributed by atoms with Gasteiger partial charge in [-0.05, 0) is 159 Å². The van der Waals surface area contributed by atoms with Crippen molar-refractivity contribution in [3.05, 3.63) is 166 Å². The Morgan fingerprint density at radius 1 is 0.565 bits per heavy atom. The van der Waals surface area contributed by atoms with E-state index in [-0.39, 0.29) is 93.2 Å². The van der Waals surface area contributed by atoms with Crippen molar-refractivity contribution in [1.29, 1.82) is 0 Å². The topological polar surface area (TPSA) is 390 Å². The monoisotopic (exact) mass is 1260 g/mol. The first-order valence-electron chi connectivity index (χ1n) is 32.1. The van der Waals surface area contributed by atoms with Gasteiger partial charge in [0.25, 0.3) is 11.8 Å². The zero-order valence-electron chi connectivity index (χ0n) is 52.9.